The van der Waals surface area contributed by atoms with Crippen LogP contribution in [0.4, 0.5) is 5.69 Å². The lowest BCUT2D eigenvalue weighted by atomic mass is 10.2. The molecule has 0 aliphatic carbocycles. The lowest BCUT2D eigenvalue weighted by molar-refractivity contribution is -0.384. The molecule has 1 unspecified atom stereocenters. The molecule has 0 radical (unpaired) electrons. The molecule has 0 fully saturated rings. The Morgan fingerprint density at radius 1 is 1.52 bits per heavy atom. The van der Waals surface area contributed by atoms with E-state index in [-0.39, 0.29) is 16.5 Å². The topological polar surface area (TPSA) is 110 Å². The molecule has 0 heterocycles. The van der Waals surface area contributed by atoms with E-state index in [1.54, 1.807) is 0 Å². The Bertz CT molecular complexity index is 567. The minimum absolute atomic E-state index is 0.101. The number of hydrogen-bond donors (Lipinski definition) is 2. The molecule has 1 aromatic rings. The molecule has 0 saturated heterocycles. The van der Waals surface area contributed by atoms with Crippen molar-refractivity contribution in [3.05, 3.63) is 38.9 Å². The van der Waals surface area contributed by atoms with E-state index in [1.165, 1.54) is 36.9 Å². The van der Waals surface area contributed by atoms with Crippen LogP contribution in [0.25, 0.3) is 0 Å². The highest BCUT2D eigenvalue weighted by Crippen LogP contribution is 2.26. The van der Waals surface area contributed by atoms with Crippen LogP contribution < -0.4 is 5.32 Å². The summed E-state index contributed by atoms with van der Waals surface area (Å²) in [5.74, 6) is -0.980. The minimum atomic E-state index is -1.12. The number of aliphatic carboxylic acids is 1. The zero-order valence-corrected chi connectivity index (χ0v) is 12.6. The van der Waals surface area contributed by atoms with Crippen molar-refractivity contribution >= 4 is 40.9 Å². The first-order valence-corrected chi connectivity index (χ1v) is 7.35. The molecule has 7 nitrogen and oxygen atoms in total. The van der Waals surface area contributed by atoms with Gasteiger partial charge >= 0.3 is 5.97 Å². The molecular formula is C12H13ClN2O5S. The van der Waals surface area contributed by atoms with Crippen LogP contribution in [0.2, 0.25) is 5.02 Å². The van der Waals surface area contributed by atoms with E-state index in [2.05, 4.69) is 5.32 Å². The summed E-state index contributed by atoms with van der Waals surface area (Å²) in [4.78, 5) is 31.9. The largest absolute Gasteiger partial charge is 0.480 e. The molecular weight excluding hydrogens is 320 g/mol. The Morgan fingerprint density at radius 3 is 2.67 bits per heavy atom. The average molecular weight is 333 g/mol. The molecule has 0 aromatic heterocycles. The highest BCUT2D eigenvalue weighted by Gasteiger charge is 2.18. The second-order valence-corrected chi connectivity index (χ2v) is 5.58. The molecule has 1 amide bonds. The molecule has 0 aliphatic rings. The lowest BCUT2D eigenvalue weighted by Crippen LogP contribution is -2.41. The molecule has 0 saturated carbocycles. The monoisotopic (exact) mass is 332 g/mol. The third-order valence-corrected chi connectivity index (χ3v) is 3.90. The number of carbonyl (C=O) groups excluding carboxylic acids is 1. The number of benzene rings is 1. The van der Waals surface area contributed by atoms with Crippen molar-refractivity contribution in [3.8, 4) is 0 Å². The van der Waals surface area contributed by atoms with Gasteiger partial charge in [-0.2, -0.15) is 11.8 Å². The molecule has 0 bridgehead atoms. The Labute approximate surface area is 129 Å². The van der Waals surface area contributed by atoms with Crippen LogP contribution in [0.5, 0.6) is 0 Å². The number of nitro groups is 1. The van der Waals surface area contributed by atoms with Gasteiger partial charge in [0.1, 0.15) is 6.04 Å². The number of nitrogens with one attached hydrogen (secondary N) is 1. The van der Waals surface area contributed by atoms with Crippen LogP contribution in [0, 0.1) is 10.1 Å². The number of nitro benzene ring substituents is 1. The average Bonchev–Trinajstić information content (AvgIpc) is 2.38. The van der Waals surface area contributed by atoms with Crippen LogP contribution in [-0.4, -0.2) is 33.7 Å². The summed E-state index contributed by atoms with van der Waals surface area (Å²) in [6, 6.07) is 3.13. The third-order valence-electron chi connectivity index (χ3n) is 2.47. The van der Waals surface area contributed by atoms with Gasteiger partial charge in [0.05, 0.1) is 9.95 Å². The van der Waals surface area contributed by atoms with Crippen LogP contribution in [-0.2, 0) is 15.3 Å². The predicted octanol–water partition coefficient (Wildman–Crippen LogP) is 2.07. The van der Waals surface area contributed by atoms with E-state index in [4.69, 9.17) is 16.7 Å². The summed E-state index contributed by atoms with van der Waals surface area (Å²) < 4.78 is 0. The Balaban J connectivity index is 2.60. The smallest absolute Gasteiger partial charge is 0.327 e. The predicted molar refractivity (Wildman–Crippen MR) is 79.5 cm³/mol. The van der Waals surface area contributed by atoms with Gasteiger partial charge in [0.2, 0.25) is 5.91 Å². The number of carbonyl (C=O) groups is 2. The van der Waals surface area contributed by atoms with Crippen LogP contribution in [0.1, 0.15) is 12.5 Å². The van der Waals surface area contributed by atoms with Gasteiger partial charge in [0.25, 0.3) is 5.69 Å². The highest BCUT2D eigenvalue weighted by molar-refractivity contribution is 7.98. The zero-order valence-electron chi connectivity index (χ0n) is 11.0. The summed E-state index contributed by atoms with van der Waals surface area (Å²) in [5.41, 5.74) is 0.564. The molecule has 1 aromatic carbocycles. The van der Waals surface area contributed by atoms with E-state index in [9.17, 15) is 19.7 Å². The van der Waals surface area contributed by atoms with Gasteiger partial charge in [-0.25, -0.2) is 4.79 Å². The van der Waals surface area contributed by atoms with Gasteiger partial charge in [-0.05, 0) is 11.6 Å². The molecule has 1 atom stereocenters. The number of amides is 1. The Hall–Kier alpha value is -1.80. The second-order valence-electron chi connectivity index (χ2n) is 4.14. The first kappa shape index (κ1) is 17.3. The Morgan fingerprint density at radius 2 is 2.19 bits per heavy atom. The molecule has 0 spiro atoms. The van der Waals surface area contributed by atoms with Gasteiger partial charge in [-0.15, -0.1) is 0 Å². The van der Waals surface area contributed by atoms with Gasteiger partial charge in [0, 0.05) is 30.6 Å². The SMILES string of the molecule is CC(=O)NC(CSCc1ccc([N+](=O)[O-])cc1Cl)C(=O)O. The highest BCUT2D eigenvalue weighted by atomic mass is 35.5. The van der Waals surface area contributed by atoms with Crippen molar-refractivity contribution in [3.63, 3.8) is 0 Å². The normalized spacial score (nSPS) is 11.7. The van der Waals surface area contributed by atoms with Crippen molar-refractivity contribution in [2.75, 3.05) is 5.75 Å². The fourth-order valence-corrected chi connectivity index (χ4v) is 2.85. The van der Waals surface area contributed by atoms with Crippen molar-refractivity contribution in [2.24, 2.45) is 0 Å². The van der Waals surface area contributed by atoms with Crippen molar-refractivity contribution in [2.45, 2.75) is 18.7 Å². The van der Waals surface area contributed by atoms with Crippen molar-refractivity contribution < 1.29 is 19.6 Å². The maximum absolute atomic E-state index is 10.9. The fraction of sp³-hybridized carbons (Fsp3) is 0.333. The standard InChI is InChI=1S/C12H13ClN2O5S/c1-7(16)14-11(12(17)18)6-21-5-8-2-3-9(15(19)20)4-10(8)13/h2-4,11H,5-6H2,1H3,(H,14,16)(H,17,18). The number of carboxylic acids is 1. The van der Waals surface area contributed by atoms with Gasteiger partial charge in [-0.3, -0.25) is 14.9 Å². The van der Waals surface area contributed by atoms with Crippen LogP contribution >= 0.6 is 23.4 Å². The molecule has 2 N–H and O–H groups in total. The summed E-state index contributed by atoms with van der Waals surface area (Å²) in [6.45, 7) is 1.24. The van der Waals surface area contributed by atoms with E-state index < -0.39 is 22.8 Å². The maximum atomic E-state index is 10.9. The Kier molecular flexibility index (Phi) is 6.44. The molecule has 9 heteroatoms. The van der Waals surface area contributed by atoms with E-state index in [1.807, 2.05) is 0 Å². The lowest BCUT2D eigenvalue weighted by Gasteiger charge is -2.12. The molecule has 0 aliphatic heterocycles. The number of nitrogens with zero attached hydrogens (tertiary/aromatic N) is 1. The van der Waals surface area contributed by atoms with E-state index in [0.717, 1.165) is 0 Å². The first-order valence-electron chi connectivity index (χ1n) is 5.81. The molecule has 21 heavy (non-hydrogen) atoms. The zero-order chi connectivity index (χ0) is 16.0. The van der Waals surface area contributed by atoms with Gasteiger partial charge < -0.3 is 10.4 Å². The van der Waals surface area contributed by atoms with Crippen LogP contribution in [0.3, 0.4) is 0 Å². The summed E-state index contributed by atoms with van der Waals surface area (Å²) in [7, 11) is 0. The molecule has 114 valence electrons. The summed E-state index contributed by atoms with van der Waals surface area (Å²) >= 11 is 7.20. The molecule has 1 rings (SSSR count). The third kappa shape index (κ3) is 5.60. The number of carboxylic acid groups (broad SMARTS) is 1. The number of halogens is 1. The summed E-state index contributed by atoms with van der Waals surface area (Å²) in [6.07, 6.45) is 0. The first-order chi connectivity index (χ1) is 9.81. The number of hydrogen-bond acceptors (Lipinski definition) is 5. The van der Waals surface area contributed by atoms with Gasteiger partial charge in [0.15, 0.2) is 0 Å². The van der Waals surface area contributed by atoms with Crippen LogP contribution in [0.15, 0.2) is 18.2 Å². The van der Waals surface area contributed by atoms with Gasteiger partial charge in [-0.1, -0.05) is 11.6 Å². The van der Waals surface area contributed by atoms with Crippen molar-refractivity contribution in [1.29, 1.82) is 0 Å². The number of rotatable bonds is 7. The maximum Gasteiger partial charge on any atom is 0.327 e. The quantitative estimate of drug-likeness (QED) is 0.584. The van der Waals surface area contributed by atoms with E-state index in [0.29, 0.717) is 11.3 Å². The van der Waals surface area contributed by atoms with Crippen molar-refractivity contribution in [1.82, 2.24) is 5.32 Å². The fourth-order valence-electron chi connectivity index (χ4n) is 1.47. The van der Waals surface area contributed by atoms with E-state index >= 15 is 0 Å². The summed E-state index contributed by atoms with van der Waals surface area (Å²) in [5, 5.41) is 22.1. The number of thioether (sulfide) groups is 1. The number of non-ortho nitro benzene ring substituents is 1. The minimum Gasteiger partial charge on any atom is -0.480 e. The second kappa shape index (κ2) is 7.84.